The number of halogens is 1. The highest BCUT2D eigenvalue weighted by Crippen LogP contribution is 2.28. The SMILES string of the molecule is CCCC(O)c1noc(-c2ccc(C)cc2Br)n1. The third kappa shape index (κ3) is 2.79. The molecule has 2 rings (SSSR count). The van der Waals surface area contributed by atoms with Crippen molar-refractivity contribution < 1.29 is 9.63 Å². The molecule has 0 bridgehead atoms. The fourth-order valence-electron chi connectivity index (χ4n) is 1.68. The Bertz CT molecular complexity index is 540. The van der Waals surface area contributed by atoms with Crippen LogP contribution in [-0.4, -0.2) is 15.2 Å². The molecule has 1 atom stereocenters. The van der Waals surface area contributed by atoms with Crippen LogP contribution in [0.2, 0.25) is 0 Å². The molecular weight excluding hydrogens is 296 g/mol. The fourth-order valence-corrected chi connectivity index (χ4v) is 2.34. The molecule has 0 radical (unpaired) electrons. The van der Waals surface area contributed by atoms with Crippen LogP contribution in [0.15, 0.2) is 27.2 Å². The number of hydrogen-bond acceptors (Lipinski definition) is 4. The van der Waals surface area contributed by atoms with E-state index in [2.05, 4.69) is 26.1 Å². The predicted octanol–water partition coefficient (Wildman–Crippen LogP) is 3.64. The van der Waals surface area contributed by atoms with Gasteiger partial charge in [-0.2, -0.15) is 4.98 Å². The molecule has 96 valence electrons. The van der Waals surface area contributed by atoms with E-state index >= 15 is 0 Å². The van der Waals surface area contributed by atoms with Gasteiger partial charge in [-0.3, -0.25) is 0 Å². The second kappa shape index (κ2) is 5.63. The number of benzene rings is 1. The molecule has 0 saturated carbocycles. The van der Waals surface area contributed by atoms with Crippen molar-refractivity contribution in [3.8, 4) is 11.5 Å². The van der Waals surface area contributed by atoms with Crippen molar-refractivity contribution in [3.63, 3.8) is 0 Å². The monoisotopic (exact) mass is 310 g/mol. The molecule has 0 aliphatic rings. The van der Waals surface area contributed by atoms with E-state index in [0.29, 0.717) is 18.1 Å². The Morgan fingerprint density at radius 3 is 2.89 bits per heavy atom. The molecule has 1 heterocycles. The lowest BCUT2D eigenvalue weighted by Gasteiger charge is -2.02. The van der Waals surface area contributed by atoms with Gasteiger partial charge >= 0.3 is 0 Å². The molecule has 0 spiro atoms. The molecule has 1 aromatic carbocycles. The normalized spacial score (nSPS) is 12.7. The van der Waals surface area contributed by atoms with Crippen molar-refractivity contribution in [2.75, 3.05) is 0 Å². The Morgan fingerprint density at radius 1 is 1.44 bits per heavy atom. The summed E-state index contributed by atoms with van der Waals surface area (Å²) in [7, 11) is 0. The first kappa shape index (κ1) is 13.2. The van der Waals surface area contributed by atoms with Crippen LogP contribution < -0.4 is 0 Å². The third-order valence-electron chi connectivity index (χ3n) is 2.66. The first-order chi connectivity index (χ1) is 8.61. The molecule has 1 unspecified atom stereocenters. The zero-order valence-electron chi connectivity index (χ0n) is 10.4. The standard InChI is InChI=1S/C13H15BrN2O2/c1-3-4-11(17)12-15-13(18-16-12)9-6-5-8(2)7-10(9)14/h5-7,11,17H,3-4H2,1-2H3. The Balaban J connectivity index is 2.29. The highest BCUT2D eigenvalue weighted by molar-refractivity contribution is 9.10. The molecule has 18 heavy (non-hydrogen) atoms. The van der Waals surface area contributed by atoms with E-state index in [-0.39, 0.29) is 0 Å². The van der Waals surface area contributed by atoms with E-state index in [4.69, 9.17) is 4.52 Å². The van der Waals surface area contributed by atoms with E-state index in [9.17, 15) is 5.11 Å². The van der Waals surface area contributed by atoms with Gasteiger partial charge in [-0.25, -0.2) is 0 Å². The molecule has 0 fully saturated rings. The number of hydrogen-bond donors (Lipinski definition) is 1. The molecule has 0 saturated heterocycles. The number of rotatable bonds is 4. The Morgan fingerprint density at radius 2 is 2.22 bits per heavy atom. The zero-order chi connectivity index (χ0) is 13.1. The maximum atomic E-state index is 9.80. The van der Waals surface area contributed by atoms with Gasteiger partial charge in [-0.05, 0) is 47.0 Å². The summed E-state index contributed by atoms with van der Waals surface area (Å²) >= 11 is 3.47. The maximum absolute atomic E-state index is 9.80. The van der Waals surface area contributed by atoms with Gasteiger partial charge in [0.2, 0.25) is 5.82 Å². The summed E-state index contributed by atoms with van der Waals surface area (Å²) < 4.78 is 6.09. The van der Waals surface area contributed by atoms with Gasteiger partial charge in [-0.15, -0.1) is 0 Å². The number of aliphatic hydroxyl groups is 1. The highest BCUT2D eigenvalue weighted by atomic mass is 79.9. The molecule has 5 heteroatoms. The summed E-state index contributed by atoms with van der Waals surface area (Å²) in [5.41, 5.74) is 1.99. The number of aliphatic hydroxyl groups excluding tert-OH is 1. The molecule has 4 nitrogen and oxygen atoms in total. The number of aromatic nitrogens is 2. The van der Waals surface area contributed by atoms with Crippen LogP contribution in [0.3, 0.4) is 0 Å². The van der Waals surface area contributed by atoms with E-state index in [1.54, 1.807) is 0 Å². The summed E-state index contributed by atoms with van der Waals surface area (Å²) in [5.74, 6) is 0.770. The Hall–Kier alpha value is -1.20. The first-order valence-electron chi connectivity index (χ1n) is 5.90. The van der Waals surface area contributed by atoms with Crippen molar-refractivity contribution in [3.05, 3.63) is 34.1 Å². The van der Waals surface area contributed by atoms with Crippen molar-refractivity contribution in [1.82, 2.24) is 10.1 Å². The van der Waals surface area contributed by atoms with Crippen LogP contribution in [0.25, 0.3) is 11.5 Å². The molecule has 0 aliphatic carbocycles. The van der Waals surface area contributed by atoms with Crippen molar-refractivity contribution >= 4 is 15.9 Å². The van der Waals surface area contributed by atoms with Gasteiger partial charge in [-0.1, -0.05) is 24.6 Å². The lowest BCUT2D eigenvalue weighted by Crippen LogP contribution is -1.98. The topological polar surface area (TPSA) is 59.2 Å². The minimum atomic E-state index is -0.656. The van der Waals surface area contributed by atoms with E-state index in [1.807, 2.05) is 32.0 Å². The quantitative estimate of drug-likeness (QED) is 0.936. The van der Waals surface area contributed by atoms with Gasteiger partial charge in [0.15, 0.2) is 0 Å². The van der Waals surface area contributed by atoms with Crippen LogP contribution in [0.1, 0.15) is 37.3 Å². The van der Waals surface area contributed by atoms with Gasteiger partial charge in [0.25, 0.3) is 5.89 Å². The van der Waals surface area contributed by atoms with E-state index < -0.39 is 6.10 Å². The van der Waals surface area contributed by atoms with Crippen molar-refractivity contribution in [2.45, 2.75) is 32.8 Å². The second-order valence-electron chi connectivity index (χ2n) is 4.25. The first-order valence-corrected chi connectivity index (χ1v) is 6.69. The minimum absolute atomic E-state index is 0.347. The number of aryl methyl sites for hydroxylation is 1. The molecule has 0 amide bonds. The van der Waals surface area contributed by atoms with Gasteiger partial charge in [0.1, 0.15) is 6.10 Å². The fraction of sp³-hybridized carbons (Fsp3) is 0.385. The average Bonchev–Trinajstić information content (AvgIpc) is 2.78. The minimum Gasteiger partial charge on any atom is -0.385 e. The van der Waals surface area contributed by atoms with Crippen molar-refractivity contribution in [1.29, 1.82) is 0 Å². The van der Waals surface area contributed by atoms with Crippen LogP contribution >= 0.6 is 15.9 Å². The Labute approximate surface area is 114 Å². The van der Waals surface area contributed by atoms with E-state index in [1.165, 1.54) is 0 Å². The summed E-state index contributed by atoms with van der Waals surface area (Å²) in [4.78, 5) is 4.23. The zero-order valence-corrected chi connectivity index (χ0v) is 11.9. The average molecular weight is 311 g/mol. The molecule has 1 aromatic heterocycles. The summed E-state index contributed by atoms with van der Waals surface area (Å²) in [6.45, 7) is 4.01. The summed E-state index contributed by atoms with van der Waals surface area (Å²) in [6.07, 6.45) is 0.851. The lowest BCUT2D eigenvalue weighted by atomic mass is 10.1. The van der Waals surface area contributed by atoms with Gasteiger partial charge in [0.05, 0.1) is 5.56 Å². The van der Waals surface area contributed by atoms with Gasteiger partial charge < -0.3 is 9.63 Å². The molecule has 0 aliphatic heterocycles. The maximum Gasteiger partial charge on any atom is 0.259 e. The summed E-state index contributed by atoms with van der Waals surface area (Å²) in [5, 5.41) is 13.6. The molecule has 2 aromatic rings. The van der Waals surface area contributed by atoms with Crippen LogP contribution in [0.5, 0.6) is 0 Å². The van der Waals surface area contributed by atoms with E-state index in [0.717, 1.165) is 22.0 Å². The second-order valence-corrected chi connectivity index (χ2v) is 5.10. The summed E-state index contributed by atoms with van der Waals surface area (Å²) in [6, 6.07) is 5.89. The smallest absolute Gasteiger partial charge is 0.259 e. The van der Waals surface area contributed by atoms with Crippen LogP contribution in [0.4, 0.5) is 0 Å². The lowest BCUT2D eigenvalue weighted by molar-refractivity contribution is 0.153. The molecular formula is C13H15BrN2O2. The highest BCUT2D eigenvalue weighted by Gasteiger charge is 2.17. The van der Waals surface area contributed by atoms with Crippen molar-refractivity contribution in [2.24, 2.45) is 0 Å². The number of nitrogens with zero attached hydrogens (tertiary/aromatic N) is 2. The van der Waals surface area contributed by atoms with Crippen LogP contribution in [0, 0.1) is 6.92 Å². The largest absolute Gasteiger partial charge is 0.385 e. The predicted molar refractivity (Wildman–Crippen MR) is 72.0 cm³/mol. The van der Waals surface area contributed by atoms with Crippen LogP contribution in [-0.2, 0) is 0 Å². The molecule has 1 N–H and O–H groups in total. The third-order valence-corrected chi connectivity index (χ3v) is 3.31. The van der Waals surface area contributed by atoms with Gasteiger partial charge in [0, 0.05) is 4.47 Å². The Kier molecular flexibility index (Phi) is 4.14.